The van der Waals surface area contributed by atoms with Gasteiger partial charge in [-0.25, -0.2) is 0 Å². The molecule has 0 aliphatic heterocycles. The van der Waals surface area contributed by atoms with Crippen LogP contribution in [0.15, 0.2) is 0 Å². The van der Waals surface area contributed by atoms with Crippen molar-refractivity contribution in [3.8, 4) is 0 Å². The van der Waals surface area contributed by atoms with Crippen molar-refractivity contribution in [3.63, 3.8) is 0 Å². The van der Waals surface area contributed by atoms with Crippen LogP contribution >= 0.6 is 0 Å². The fraction of sp³-hybridized carbons (Fsp3) is 1.00. The first-order chi connectivity index (χ1) is 10.9. The van der Waals surface area contributed by atoms with Gasteiger partial charge in [-0.2, -0.15) is 0 Å². The van der Waals surface area contributed by atoms with Gasteiger partial charge in [-0.05, 0) is 0 Å². The van der Waals surface area contributed by atoms with Gasteiger partial charge in [0.05, 0.1) is 0 Å². The summed E-state index contributed by atoms with van der Waals surface area (Å²) < 4.78 is 6.21. The molecule has 0 aromatic rings. The number of unbranched alkanes of at least 4 members (excludes halogenated alkanes) is 7. The molecule has 1 radical (unpaired) electrons. The molecule has 1 fully saturated rings. The third-order valence-corrected chi connectivity index (χ3v) is 5.70. The van der Waals surface area contributed by atoms with Crippen molar-refractivity contribution in [2.24, 2.45) is 5.92 Å². The van der Waals surface area contributed by atoms with Crippen molar-refractivity contribution in [1.82, 2.24) is 0 Å². The van der Waals surface area contributed by atoms with Gasteiger partial charge in [-0.3, -0.25) is 0 Å². The first-order valence-electron chi connectivity index (χ1n) is 10.1. The average Bonchev–Trinajstić information content (AvgIpc) is 3.05. The predicted octanol–water partition coefficient (Wildman–Crippen LogP) is 6.46. The summed E-state index contributed by atoms with van der Waals surface area (Å²) in [7, 11) is 0. The monoisotopic (exact) mass is 375 g/mol. The van der Waals surface area contributed by atoms with Gasteiger partial charge in [0.25, 0.3) is 0 Å². The molecule has 0 saturated heterocycles. The van der Waals surface area contributed by atoms with E-state index in [1.807, 2.05) is 0 Å². The summed E-state index contributed by atoms with van der Waals surface area (Å²) in [6, 6.07) is 0. The van der Waals surface area contributed by atoms with Crippen LogP contribution in [0, 0.1) is 5.92 Å². The molecule has 1 rings (SSSR count). The molecule has 0 aromatic heterocycles. The fourth-order valence-corrected chi connectivity index (χ4v) is 3.99. The zero-order valence-corrected chi connectivity index (χ0v) is 16.7. The Hall–Kier alpha value is 0.479. The minimum atomic E-state index is 0.595. The molecule has 1 atom stereocenters. The number of hydrogen-bond donors (Lipinski definition) is 0. The third kappa shape index (κ3) is 11.1. The van der Waals surface area contributed by atoms with Crippen LogP contribution in [0.1, 0.15) is 103 Å². The van der Waals surface area contributed by atoms with E-state index >= 15 is 0 Å². The summed E-state index contributed by atoms with van der Waals surface area (Å²) in [6.45, 7) is 3.34. The molecular formula is C20H39OSe. The van der Waals surface area contributed by atoms with Crippen molar-refractivity contribution >= 4 is 16.0 Å². The second-order valence-corrected chi connectivity index (χ2v) is 8.07. The van der Waals surface area contributed by atoms with Crippen LogP contribution in [0.4, 0.5) is 0 Å². The second kappa shape index (κ2) is 15.0. The molecule has 22 heavy (non-hydrogen) atoms. The molecule has 2 heteroatoms. The molecule has 0 bridgehead atoms. The predicted molar refractivity (Wildman–Crippen MR) is 98.7 cm³/mol. The van der Waals surface area contributed by atoms with E-state index in [1.54, 1.807) is 0 Å². The van der Waals surface area contributed by atoms with Gasteiger partial charge in [-0.15, -0.1) is 0 Å². The van der Waals surface area contributed by atoms with Gasteiger partial charge in [0.2, 0.25) is 0 Å². The van der Waals surface area contributed by atoms with Crippen molar-refractivity contribution in [1.29, 1.82) is 0 Å². The Balaban J connectivity index is 2.11. The summed E-state index contributed by atoms with van der Waals surface area (Å²) in [5.41, 5.74) is 0. The van der Waals surface area contributed by atoms with E-state index in [1.165, 1.54) is 102 Å². The fourth-order valence-electron chi connectivity index (χ4n) is 3.56. The van der Waals surface area contributed by atoms with Crippen LogP contribution in [0.2, 0.25) is 5.32 Å². The van der Waals surface area contributed by atoms with Gasteiger partial charge >= 0.3 is 135 Å². The summed E-state index contributed by atoms with van der Waals surface area (Å²) >= 11 is 3.13. The van der Waals surface area contributed by atoms with Crippen molar-refractivity contribution in [2.75, 3.05) is 6.61 Å². The van der Waals surface area contributed by atoms with Crippen molar-refractivity contribution in [3.05, 3.63) is 0 Å². The van der Waals surface area contributed by atoms with E-state index in [4.69, 9.17) is 4.74 Å². The maximum atomic E-state index is 6.21. The van der Waals surface area contributed by atoms with Crippen molar-refractivity contribution in [2.45, 2.75) is 115 Å². The SMILES string of the molecule is CCCCCCCCC(CCCCC[Se])COC1CCCC1. The minimum absolute atomic E-state index is 0.595. The van der Waals surface area contributed by atoms with E-state index in [0.29, 0.717) is 6.10 Å². The molecule has 0 aromatic carbocycles. The molecule has 0 amide bonds. The zero-order valence-electron chi connectivity index (χ0n) is 15.0. The van der Waals surface area contributed by atoms with Crippen LogP contribution in [0.3, 0.4) is 0 Å². The van der Waals surface area contributed by atoms with E-state index in [2.05, 4.69) is 22.9 Å². The summed E-state index contributed by atoms with van der Waals surface area (Å²) in [4.78, 5) is 0. The summed E-state index contributed by atoms with van der Waals surface area (Å²) in [5.74, 6) is 0.826. The molecule has 1 aliphatic rings. The van der Waals surface area contributed by atoms with E-state index < -0.39 is 0 Å². The Labute approximate surface area is 148 Å². The summed E-state index contributed by atoms with van der Waals surface area (Å²) in [5, 5.41) is 1.22. The normalized spacial score (nSPS) is 17.2. The van der Waals surface area contributed by atoms with Gasteiger partial charge < -0.3 is 0 Å². The van der Waals surface area contributed by atoms with E-state index in [9.17, 15) is 0 Å². The number of rotatable bonds is 15. The maximum absolute atomic E-state index is 6.21. The van der Waals surface area contributed by atoms with Crippen molar-refractivity contribution < 1.29 is 4.74 Å². The second-order valence-electron chi connectivity index (χ2n) is 7.22. The molecular weight excluding hydrogens is 335 g/mol. The van der Waals surface area contributed by atoms with E-state index in [0.717, 1.165) is 12.5 Å². The van der Waals surface area contributed by atoms with Gasteiger partial charge in [0.1, 0.15) is 0 Å². The molecule has 1 unspecified atom stereocenters. The van der Waals surface area contributed by atoms with Crippen LogP contribution < -0.4 is 0 Å². The number of hydrogen-bond acceptors (Lipinski definition) is 1. The molecule has 0 spiro atoms. The standard InChI is InChI=1S/C20H39OSe/c1-2-3-4-5-6-8-13-19(14-9-7-12-17-22)18-21-20-15-10-11-16-20/h19-20H,2-18H2,1H3. The summed E-state index contributed by atoms with van der Waals surface area (Å²) in [6.07, 6.45) is 21.4. The topological polar surface area (TPSA) is 9.23 Å². The molecule has 1 aliphatic carbocycles. The van der Waals surface area contributed by atoms with Gasteiger partial charge in [-0.1, -0.05) is 13.3 Å². The Morgan fingerprint density at radius 2 is 1.45 bits per heavy atom. The Morgan fingerprint density at radius 1 is 0.864 bits per heavy atom. The van der Waals surface area contributed by atoms with Gasteiger partial charge in [0.15, 0.2) is 0 Å². The van der Waals surface area contributed by atoms with Crippen LogP contribution in [-0.4, -0.2) is 28.7 Å². The molecule has 0 N–H and O–H groups in total. The van der Waals surface area contributed by atoms with Crippen LogP contribution in [-0.2, 0) is 4.74 Å². The average molecular weight is 374 g/mol. The molecule has 131 valence electrons. The van der Waals surface area contributed by atoms with E-state index in [-0.39, 0.29) is 0 Å². The molecule has 1 saturated carbocycles. The molecule has 0 heterocycles. The number of ether oxygens (including phenoxy) is 1. The molecule has 1 nitrogen and oxygen atoms in total. The Morgan fingerprint density at radius 3 is 2.09 bits per heavy atom. The zero-order chi connectivity index (χ0) is 15.9. The first kappa shape index (κ1) is 20.5. The van der Waals surface area contributed by atoms with Gasteiger partial charge in [0, 0.05) is 0 Å². The van der Waals surface area contributed by atoms with Crippen LogP contribution in [0.5, 0.6) is 0 Å². The van der Waals surface area contributed by atoms with Crippen LogP contribution in [0.25, 0.3) is 0 Å². The Kier molecular flexibility index (Phi) is 14.0. The Bertz CT molecular complexity index is 226. The third-order valence-electron chi connectivity index (χ3n) is 5.09. The first-order valence-corrected chi connectivity index (χ1v) is 11.3. The quantitative estimate of drug-likeness (QED) is 0.236.